The predicted molar refractivity (Wildman–Crippen MR) is 95.9 cm³/mol. The molecule has 0 aliphatic rings. The van der Waals surface area contributed by atoms with Crippen molar-refractivity contribution in [2.45, 2.75) is 57.4 Å². The maximum absolute atomic E-state index is 13.0. The molecular formula is C19H20F5NO6. The van der Waals surface area contributed by atoms with E-state index in [9.17, 15) is 46.2 Å². The standard InChI is InChI=1S/C19H20F5NO6/c1-17(2,3)31-16(30)25-12(15(28)29)8-10-4-6-11(7-5-10)13(26)9-14(27)18(20,21)19(22,23)24/h4-7,12H,8-9H2,1-3H3,(H,25,30)(H,28,29). The van der Waals surface area contributed by atoms with Crippen LogP contribution in [-0.4, -0.2) is 52.5 Å². The molecule has 7 nitrogen and oxygen atoms in total. The summed E-state index contributed by atoms with van der Waals surface area (Å²) in [6.45, 7) is 4.73. The first-order valence-corrected chi connectivity index (χ1v) is 8.76. The maximum atomic E-state index is 13.0. The zero-order chi connectivity index (χ0) is 24.2. The molecule has 0 radical (unpaired) electrons. The number of carbonyl (C=O) groups is 4. The Hall–Kier alpha value is -3.05. The van der Waals surface area contributed by atoms with Gasteiger partial charge in [-0.3, -0.25) is 9.59 Å². The summed E-state index contributed by atoms with van der Waals surface area (Å²) < 4.78 is 67.5. The Kier molecular flexibility index (Phi) is 7.88. The van der Waals surface area contributed by atoms with E-state index >= 15 is 0 Å². The summed E-state index contributed by atoms with van der Waals surface area (Å²) in [5.41, 5.74) is -0.885. The Morgan fingerprint density at radius 3 is 1.94 bits per heavy atom. The molecule has 2 N–H and O–H groups in total. The lowest BCUT2D eigenvalue weighted by atomic mass is 9.99. The minimum absolute atomic E-state index is 0.242. The third-order valence-electron chi connectivity index (χ3n) is 3.73. The number of halogens is 5. The molecule has 12 heteroatoms. The van der Waals surface area contributed by atoms with Crippen LogP contribution in [0.4, 0.5) is 26.7 Å². The minimum Gasteiger partial charge on any atom is -0.480 e. The number of alkyl halides is 5. The number of aliphatic carboxylic acids is 1. The second-order valence-corrected chi connectivity index (χ2v) is 7.53. The van der Waals surface area contributed by atoms with Crippen molar-refractivity contribution in [3.05, 3.63) is 35.4 Å². The van der Waals surface area contributed by atoms with Crippen molar-refractivity contribution in [2.24, 2.45) is 0 Å². The number of nitrogens with one attached hydrogen (secondary N) is 1. The average Bonchev–Trinajstić information content (AvgIpc) is 2.58. The number of alkyl carbamates (subject to hydrolysis) is 1. The average molecular weight is 453 g/mol. The van der Waals surface area contributed by atoms with Crippen LogP contribution in [0.25, 0.3) is 0 Å². The van der Waals surface area contributed by atoms with Gasteiger partial charge in [-0.25, -0.2) is 9.59 Å². The SMILES string of the molecule is CC(C)(C)OC(=O)NC(Cc1ccc(C(=O)CC(=O)C(F)(F)C(F)(F)F)cc1)C(=O)O. The Morgan fingerprint density at radius 1 is 1.00 bits per heavy atom. The van der Waals surface area contributed by atoms with Gasteiger partial charge in [0, 0.05) is 12.0 Å². The zero-order valence-corrected chi connectivity index (χ0v) is 16.7. The van der Waals surface area contributed by atoms with Crippen LogP contribution < -0.4 is 5.32 Å². The van der Waals surface area contributed by atoms with E-state index in [0.29, 0.717) is 5.56 Å². The predicted octanol–water partition coefficient (Wildman–Crippen LogP) is 3.55. The van der Waals surface area contributed by atoms with Gasteiger partial charge in [0.15, 0.2) is 5.78 Å². The molecule has 1 aromatic rings. The van der Waals surface area contributed by atoms with Crippen LogP contribution in [0.2, 0.25) is 0 Å². The molecule has 1 atom stereocenters. The molecule has 0 aliphatic carbocycles. The van der Waals surface area contributed by atoms with Crippen LogP contribution in [0.15, 0.2) is 24.3 Å². The van der Waals surface area contributed by atoms with Gasteiger partial charge in [-0.15, -0.1) is 0 Å². The van der Waals surface area contributed by atoms with Crippen molar-refractivity contribution in [3.8, 4) is 0 Å². The summed E-state index contributed by atoms with van der Waals surface area (Å²) in [5.74, 6) is -10.9. The van der Waals surface area contributed by atoms with Crippen molar-refractivity contribution >= 4 is 23.6 Å². The third-order valence-corrected chi connectivity index (χ3v) is 3.73. The molecule has 31 heavy (non-hydrogen) atoms. The fourth-order valence-corrected chi connectivity index (χ4v) is 2.23. The molecule has 1 amide bonds. The van der Waals surface area contributed by atoms with Crippen molar-refractivity contribution in [2.75, 3.05) is 0 Å². The molecule has 0 saturated heterocycles. The van der Waals surface area contributed by atoms with E-state index in [1.54, 1.807) is 20.8 Å². The lowest BCUT2D eigenvalue weighted by Gasteiger charge is -2.22. The van der Waals surface area contributed by atoms with Crippen molar-refractivity contribution < 1.29 is 51.0 Å². The van der Waals surface area contributed by atoms with Gasteiger partial charge in [0.1, 0.15) is 11.6 Å². The summed E-state index contributed by atoms with van der Waals surface area (Å²) in [4.78, 5) is 46.1. The largest absolute Gasteiger partial charge is 0.480 e. The van der Waals surface area contributed by atoms with Crippen molar-refractivity contribution in [1.82, 2.24) is 5.32 Å². The smallest absolute Gasteiger partial charge is 0.461 e. The number of ketones is 2. The number of Topliss-reactive ketones (excluding diaryl/α,β-unsaturated/α-hetero) is 2. The van der Waals surface area contributed by atoms with Crippen LogP contribution in [0.1, 0.15) is 43.1 Å². The number of rotatable bonds is 8. The second-order valence-electron chi connectivity index (χ2n) is 7.53. The van der Waals surface area contributed by atoms with Crippen molar-refractivity contribution in [1.29, 1.82) is 0 Å². The molecule has 0 bridgehead atoms. The molecular weight excluding hydrogens is 433 g/mol. The van der Waals surface area contributed by atoms with E-state index in [0.717, 1.165) is 12.1 Å². The fourth-order valence-electron chi connectivity index (χ4n) is 2.23. The first kappa shape index (κ1) is 26.0. The highest BCUT2D eigenvalue weighted by molar-refractivity contribution is 6.10. The highest BCUT2D eigenvalue weighted by Gasteiger charge is 2.62. The molecule has 0 spiro atoms. The molecule has 0 aromatic heterocycles. The van der Waals surface area contributed by atoms with Crippen molar-refractivity contribution in [3.63, 3.8) is 0 Å². The molecule has 0 fully saturated rings. The fraction of sp³-hybridized carbons (Fsp3) is 0.474. The number of carbonyl (C=O) groups excluding carboxylic acids is 3. The van der Waals surface area contributed by atoms with Gasteiger partial charge < -0.3 is 15.2 Å². The van der Waals surface area contributed by atoms with Gasteiger partial charge in [0.25, 0.3) is 0 Å². The van der Waals surface area contributed by atoms with Gasteiger partial charge in [-0.05, 0) is 26.3 Å². The van der Waals surface area contributed by atoms with Crippen LogP contribution >= 0.6 is 0 Å². The maximum Gasteiger partial charge on any atom is 0.461 e. The van der Waals surface area contributed by atoms with E-state index in [1.807, 2.05) is 0 Å². The summed E-state index contributed by atoms with van der Waals surface area (Å²) >= 11 is 0. The zero-order valence-electron chi connectivity index (χ0n) is 16.7. The summed E-state index contributed by atoms with van der Waals surface area (Å²) in [6, 6.07) is 3.12. The van der Waals surface area contributed by atoms with E-state index in [-0.39, 0.29) is 12.0 Å². The third kappa shape index (κ3) is 7.61. The molecule has 1 aromatic carbocycles. The summed E-state index contributed by atoms with van der Waals surface area (Å²) in [7, 11) is 0. The summed E-state index contributed by atoms with van der Waals surface area (Å²) in [6.07, 6.45) is -8.99. The van der Waals surface area contributed by atoms with E-state index < -0.39 is 53.8 Å². The van der Waals surface area contributed by atoms with Gasteiger partial charge in [-0.2, -0.15) is 22.0 Å². The van der Waals surface area contributed by atoms with Gasteiger partial charge in [0.05, 0.1) is 6.42 Å². The Morgan fingerprint density at radius 2 is 1.52 bits per heavy atom. The van der Waals surface area contributed by atoms with E-state index in [2.05, 4.69) is 5.32 Å². The summed E-state index contributed by atoms with van der Waals surface area (Å²) in [5, 5.41) is 11.4. The lowest BCUT2D eigenvalue weighted by molar-refractivity contribution is -0.268. The lowest BCUT2D eigenvalue weighted by Crippen LogP contribution is -2.44. The molecule has 0 aliphatic heterocycles. The number of carboxylic acid groups (broad SMARTS) is 1. The first-order valence-electron chi connectivity index (χ1n) is 8.76. The molecule has 1 rings (SSSR count). The van der Waals surface area contributed by atoms with Crippen LogP contribution in [0.5, 0.6) is 0 Å². The Labute approximate surface area is 173 Å². The number of amides is 1. The molecule has 172 valence electrons. The second kappa shape index (κ2) is 9.40. The highest BCUT2D eigenvalue weighted by Crippen LogP contribution is 2.37. The molecule has 0 heterocycles. The van der Waals surface area contributed by atoms with Gasteiger partial charge >= 0.3 is 24.2 Å². The minimum atomic E-state index is -6.11. The van der Waals surface area contributed by atoms with E-state index in [1.165, 1.54) is 12.1 Å². The number of ether oxygens (including phenoxy) is 1. The topological polar surface area (TPSA) is 110 Å². The normalized spacial score (nSPS) is 13.3. The highest BCUT2D eigenvalue weighted by atomic mass is 19.4. The Bertz CT molecular complexity index is 843. The van der Waals surface area contributed by atoms with Gasteiger partial charge in [-0.1, -0.05) is 24.3 Å². The number of carboxylic acids is 1. The quantitative estimate of drug-likeness (QED) is 0.354. The Balaban J connectivity index is 2.83. The number of benzene rings is 1. The monoisotopic (exact) mass is 453 g/mol. The van der Waals surface area contributed by atoms with Crippen LogP contribution in [0, 0.1) is 0 Å². The molecule has 0 saturated carbocycles. The van der Waals surface area contributed by atoms with Gasteiger partial charge in [0.2, 0.25) is 5.78 Å². The van der Waals surface area contributed by atoms with Crippen LogP contribution in [0.3, 0.4) is 0 Å². The van der Waals surface area contributed by atoms with E-state index in [4.69, 9.17) is 4.74 Å². The van der Waals surface area contributed by atoms with Crippen LogP contribution in [-0.2, 0) is 20.7 Å². The first-order chi connectivity index (χ1) is 13.9. The molecule has 1 unspecified atom stereocenters. The number of hydrogen-bond donors (Lipinski definition) is 2. The number of hydrogen-bond acceptors (Lipinski definition) is 5.